The Labute approximate surface area is 194 Å². The van der Waals surface area contributed by atoms with Crippen molar-refractivity contribution in [2.75, 3.05) is 20.2 Å². The highest BCUT2D eigenvalue weighted by Crippen LogP contribution is 2.63. The van der Waals surface area contributed by atoms with E-state index in [9.17, 15) is 15.0 Å². The number of fused-ring (bicyclic) bond motifs is 2. The van der Waals surface area contributed by atoms with E-state index in [2.05, 4.69) is 18.5 Å². The number of thiazole rings is 1. The molecule has 5 unspecified atom stereocenters. The van der Waals surface area contributed by atoms with Gasteiger partial charge in [-0.1, -0.05) is 19.9 Å². The normalized spacial score (nSPS) is 31.5. The zero-order chi connectivity index (χ0) is 23.1. The fraction of sp³-hybridized carbons (Fsp3) is 0.560. The maximum absolute atomic E-state index is 13.1. The third-order valence-corrected chi connectivity index (χ3v) is 9.15. The second-order valence-corrected chi connectivity index (χ2v) is 11.0. The number of carbonyl (C=O) groups is 1. The SMILES string of the molecule is C=CCN(C)C(=O)CC1c2nc(-c3cccnc3)sc2CC2C(C)(CO)C(O)CCC12C. The molecule has 0 bridgehead atoms. The minimum atomic E-state index is -0.614. The van der Waals surface area contributed by atoms with E-state index in [4.69, 9.17) is 4.98 Å². The number of pyridine rings is 1. The van der Waals surface area contributed by atoms with Crippen LogP contribution in [0.3, 0.4) is 0 Å². The van der Waals surface area contributed by atoms with Crippen LogP contribution in [0.1, 0.15) is 49.6 Å². The second-order valence-electron chi connectivity index (χ2n) is 9.87. The minimum absolute atomic E-state index is 0.0564. The molecular formula is C25H33N3O3S. The molecule has 1 saturated carbocycles. The van der Waals surface area contributed by atoms with Crippen molar-refractivity contribution in [1.29, 1.82) is 0 Å². The van der Waals surface area contributed by atoms with Crippen LogP contribution in [0, 0.1) is 16.7 Å². The van der Waals surface area contributed by atoms with Crippen LogP contribution in [0.15, 0.2) is 37.2 Å². The lowest BCUT2D eigenvalue weighted by atomic mass is 9.47. The van der Waals surface area contributed by atoms with E-state index in [1.165, 1.54) is 0 Å². The quantitative estimate of drug-likeness (QED) is 0.649. The summed E-state index contributed by atoms with van der Waals surface area (Å²) in [5.74, 6) is 0.0486. The van der Waals surface area contributed by atoms with E-state index in [0.29, 0.717) is 19.4 Å². The minimum Gasteiger partial charge on any atom is -0.396 e. The van der Waals surface area contributed by atoms with E-state index < -0.39 is 11.5 Å². The maximum Gasteiger partial charge on any atom is 0.223 e. The van der Waals surface area contributed by atoms with Gasteiger partial charge in [-0.2, -0.15) is 0 Å². The Balaban J connectivity index is 1.81. The molecule has 0 saturated heterocycles. The smallest absolute Gasteiger partial charge is 0.223 e. The third kappa shape index (κ3) is 3.70. The highest BCUT2D eigenvalue weighted by molar-refractivity contribution is 7.15. The van der Waals surface area contributed by atoms with E-state index in [-0.39, 0.29) is 29.8 Å². The van der Waals surface area contributed by atoms with Crippen LogP contribution < -0.4 is 0 Å². The monoisotopic (exact) mass is 455 g/mol. The number of nitrogens with zero attached hydrogens (tertiary/aromatic N) is 3. The summed E-state index contributed by atoms with van der Waals surface area (Å²) in [6, 6.07) is 3.91. The summed E-state index contributed by atoms with van der Waals surface area (Å²) in [6.07, 6.45) is 7.28. The van der Waals surface area contributed by atoms with E-state index in [0.717, 1.165) is 34.0 Å². The molecule has 2 heterocycles. The van der Waals surface area contributed by atoms with Crippen LogP contribution >= 0.6 is 11.3 Å². The molecule has 2 N–H and O–H groups in total. The number of hydrogen-bond acceptors (Lipinski definition) is 6. The topological polar surface area (TPSA) is 86.6 Å². The van der Waals surface area contributed by atoms with Gasteiger partial charge in [0.25, 0.3) is 0 Å². The van der Waals surface area contributed by atoms with E-state index in [1.807, 2.05) is 25.3 Å². The standard InChI is InChI=1S/C25H33N3O3S/c1-5-11-28(4)21(31)12-17-22-18(32-23(27-22)16-7-6-10-26-14-16)13-19-24(17,2)9-8-20(30)25(19,3)15-29/h5-7,10,14,17,19-20,29-30H,1,8-9,11-13,15H2,2-4H3. The molecule has 6 nitrogen and oxygen atoms in total. The molecule has 0 aliphatic heterocycles. The van der Waals surface area contributed by atoms with Crippen LogP contribution in [0.5, 0.6) is 0 Å². The zero-order valence-electron chi connectivity index (χ0n) is 19.1. The molecule has 1 fully saturated rings. The second kappa shape index (κ2) is 8.69. The number of rotatable bonds is 6. The van der Waals surface area contributed by atoms with Gasteiger partial charge in [0.2, 0.25) is 5.91 Å². The van der Waals surface area contributed by atoms with Gasteiger partial charge in [-0.25, -0.2) is 4.98 Å². The van der Waals surface area contributed by atoms with Gasteiger partial charge < -0.3 is 15.1 Å². The summed E-state index contributed by atoms with van der Waals surface area (Å²) < 4.78 is 0. The van der Waals surface area contributed by atoms with Gasteiger partial charge in [-0.3, -0.25) is 9.78 Å². The molecule has 5 atom stereocenters. The molecule has 2 aromatic rings. The predicted octanol–water partition coefficient (Wildman–Crippen LogP) is 3.66. The van der Waals surface area contributed by atoms with Crippen molar-refractivity contribution in [3.63, 3.8) is 0 Å². The summed E-state index contributed by atoms with van der Waals surface area (Å²) >= 11 is 1.65. The summed E-state index contributed by atoms with van der Waals surface area (Å²) in [5, 5.41) is 22.1. The lowest BCUT2D eigenvalue weighted by Gasteiger charge is -2.58. The Kier molecular flexibility index (Phi) is 6.27. The van der Waals surface area contributed by atoms with Crippen molar-refractivity contribution in [2.24, 2.45) is 16.7 Å². The van der Waals surface area contributed by atoms with Gasteiger partial charge >= 0.3 is 0 Å². The fourth-order valence-electron chi connectivity index (χ4n) is 5.88. The van der Waals surface area contributed by atoms with Crippen molar-refractivity contribution in [3.8, 4) is 10.6 Å². The lowest BCUT2D eigenvalue weighted by molar-refractivity contribution is -0.146. The van der Waals surface area contributed by atoms with Crippen molar-refractivity contribution < 1.29 is 15.0 Å². The van der Waals surface area contributed by atoms with Crippen LogP contribution in [-0.4, -0.2) is 57.3 Å². The Bertz CT molecular complexity index is 994. The molecule has 7 heteroatoms. The van der Waals surface area contributed by atoms with Crippen LogP contribution in [0.25, 0.3) is 10.6 Å². The number of hydrogen-bond donors (Lipinski definition) is 2. The summed E-state index contributed by atoms with van der Waals surface area (Å²) in [6.45, 7) is 8.41. The maximum atomic E-state index is 13.1. The molecule has 4 rings (SSSR count). The molecule has 2 aliphatic rings. The Hall–Kier alpha value is -2.09. The number of likely N-dealkylation sites (N-methyl/N-ethyl adjacent to an activating group) is 1. The third-order valence-electron chi connectivity index (χ3n) is 8.01. The van der Waals surface area contributed by atoms with Gasteiger partial charge in [0.1, 0.15) is 5.01 Å². The van der Waals surface area contributed by atoms with E-state index in [1.54, 1.807) is 35.6 Å². The number of aliphatic hydroxyl groups is 2. The summed E-state index contributed by atoms with van der Waals surface area (Å²) in [5.41, 5.74) is 1.12. The zero-order valence-corrected chi connectivity index (χ0v) is 19.9. The van der Waals surface area contributed by atoms with Crippen molar-refractivity contribution in [1.82, 2.24) is 14.9 Å². The Morgan fingerprint density at radius 2 is 2.22 bits per heavy atom. The first kappa shape index (κ1) is 23.1. The molecular weight excluding hydrogens is 422 g/mol. The number of aromatic nitrogens is 2. The molecule has 32 heavy (non-hydrogen) atoms. The highest BCUT2D eigenvalue weighted by atomic mass is 32.1. The molecule has 0 spiro atoms. The Morgan fingerprint density at radius 1 is 1.44 bits per heavy atom. The summed E-state index contributed by atoms with van der Waals surface area (Å²) in [7, 11) is 1.80. The number of carbonyl (C=O) groups excluding carboxylic acids is 1. The van der Waals surface area contributed by atoms with Gasteiger partial charge in [-0.15, -0.1) is 17.9 Å². The molecule has 2 aliphatic carbocycles. The van der Waals surface area contributed by atoms with E-state index >= 15 is 0 Å². The largest absolute Gasteiger partial charge is 0.396 e. The molecule has 172 valence electrons. The Morgan fingerprint density at radius 3 is 2.88 bits per heavy atom. The van der Waals surface area contributed by atoms with Crippen molar-refractivity contribution in [3.05, 3.63) is 47.8 Å². The number of aliphatic hydroxyl groups excluding tert-OH is 2. The van der Waals surface area contributed by atoms with Crippen LogP contribution in [0.4, 0.5) is 0 Å². The molecule has 1 amide bonds. The molecule has 0 radical (unpaired) electrons. The van der Waals surface area contributed by atoms with Gasteiger partial charge in [0, 0.05) is 54.2 Å². The van der Waals surface area contributed by atoms with Crippen LogP contribution in [0.2, 0.25) is 0 Å². The fourth-order valence-corrected chi connectivity index (χ4v) is 7.04. The van der Waals surface area contributed by atoms with Gasteiger partial charge in [0.15, 0.2) is 0 Å². The first-order chi connectivity index (χ1) is 15.2. The van der Waals surface area contributed by atoms with Crippen molar-refractivity contribution in [2.45, 2.75) is 51.6 Å². The average molecular weight is 456 g/mol. The highest BCUT2D eigenvalue weighted by Gasteiger charge is 2.59. The molecule has 2 aromatic heterocycles. The number of amides is 1. The molecule has 0 aromatic carbocycles. The predicted molar refractivity (Wildman–Crippen MR) is 126 cm³/mol. The average Bonchev–Trinajstić information content (AvgIpc) is 3.22. The van der Waals surface area contributed by atoms with Gasteiger partial charge in [-0.05, 0) is 42.7 Å². The van der Waals surface area contributed by atoms with Crippen LogP contribution in [-0.2, 0) is 11.2 Å². The first-order valence-electron chi connectivity index (χ1n) is 11.3. The summed E-state index contributed by atoms with van der Waals surface area (Å²) in [4.78, 5) is 25.3. The first-order valence-corrected chi connectivity index (χ1v) is 12.1. The van der Waals surface area contributed by atoms with Crippen molar-refractivity contribution >= 4 is 17.2 Å². The lowest BCUT2D eigenvalue weighted by Crippen LogP contribution is -2.57. The van der Waals surface area contributed by atoms with Gasteiger partial charge in [0.05, 0.1) is 18.4 Å².